The summed E-state index contributed by atoms with van der Waals surface area (Å²) < 4.78 is 19.1. The Hall–Kier alpha value is -14.7. The van der Waals surface area contributed by atoms with E-state index in [9.17, 15) is 0 Å². The van der Waals surface area contributed by atoms with Gasteiger partial charge in [-0.3, -0.25) is 4.90 Å². The summed E-state index contributed by atoms with van der Waals surface area (Å²) >= 11 is 16.5. The van der Waals surface area contributed by atoms with Crippen molar-refractivity contribution in [2.75, 3.05) is 19.6 Å². The number of fused-ring (bicyclic) bond motifs is 19. The highest BCUT2D eigenvalue weighted by atomic mass is 79.9. The highest BCUT2D eigenvalue weighted by Crippen LogP contribution is 2.64. The molecule has 0 atom stereocenters. The van der Waals surface area contributed by atoms with Gasteiger partial charge in [0.1, 0.15) is 28.1 Å². The first kappa shape index (κ1) is 82.9. The number of hydrogen-bond acceptors (Lipinski definition) is 8. The Labute approximate surface area is 803 Å². The van der Waals surface area contributed by atoms with E-state index in [0.29, 0.717) is 0 Å². The van der Waals surface area contributed by atoms with E-state index in [-0.39, 0.29) is 0 Å². The monoisotopic (exact) mass is 1970 g/mol. The minimum atomic E-state index is -0.399. The molecule has 19 aromatic carbocycles. The van der Waals surface area contributed by atoms with Gasteiger partial charge in [-0.25, -0.2) is 4.98 Å². The van der Waals surface area contributed by atoms with Crippen molar-refractivity contribution in [3.63, 3.8) is 0 Å². The van der Waals surface area contributed by atoms with Crippen LogP contribution < -0.4 is 19.6 Å². The molecule has 0 saturated carbocycles. The number of rotatable bonds is 14. The predicted octanol–water partition coefficient (Wildman–Crippen LogP) is 36.9. The third kappa shape index (κ3) is 15.9. The van der Waals surface area contributed by atoms with Crippen LogP contribution in [0, 0.1) is 0 Å². The van der Waals surface area contributed by atoms with Crippen LogP contribution in [0.3, 0.4) is 0 Å². The van der Waals surface area contributed by atoms with E-state index in [0.717, 1.165) is 124 Å². The molecule has 0 fully saturated rings. The van der Waals surface area contributed by atoms with E-state index < -0.39 is 5.41 Å². The van der Waals surface area contributed by atoms with Crippen LogP contribution in [0.15, 0.2) is 506 Å². The summed E-state index contributed by atoms with van der Waals surface area (Å²) in [5, 5.41) is 7.00. The van der Waals surface area contributed by atoms with Crippen LogP contribution in [0.5, 0.6) is 0 Å². The molecule has 0 N–H and O–H groups in total. The van der Waals surface area contributed by atoms with Crippen molar-refractivity contribution in [2.45, 2.75) is 5.41 Å². The average molecular weight is 1970 g/mol. The number of nitrogens with zero attached hydrogens (tertiary/aromatic N) is 5. The quantitative estimate of drug-likeness (QED) is 0.108. The maximum atomic E-state index is 6.17. The number of para-hydroxylation sites is 5. The molecule has 2 aliphatic carbocycles. The zero-order valence-corrected chi connectivity index (χ0v) is 78.2. The van der Waals surface area contributed by atoms with Crippen molar-refractivity contribution < 1.29 is 8.83 Å². The van der Waals surface area contributed by atoms with Crippen molar-refractivity contribution in [3.05, 3.63) is 520 Å². The second-order valence-electron chi connectivity index (χ2n) is 32.6. The van der Waals surface area contributed by atoms with E-state index in [2.05, 4.69) is 508 Å². The molecule has 0 saturated heterocycles. The smallest absolute Gasteiger partial charge is 0.137 e. The van der Waals surface area contributed by atoms with Crippen molar-refractivity contribution in [1.29, 1.82) is 0 Å². The van der Waals surface area contributed by atoms with Crippen molar-refractivity contribution in [3.8, 4) is 44.5 Å². The second-order valence-corrected chi connectivity index (χ2v) is 37.3. The molecular formula is C120H79Br4N5O2S. The predicted molar refractivity (Wildman–Crippen MR) is 568 cm³/mol. The number of benzene rings is 19. The van der Waals surface area contributed by atoms with Crippen LogP contribution in [0.2, 0.25) is 0 Å². The fraction of sp³-hybridized carbons (Fsp3) is 0.00833. The van der Waals surface area contributed by atoms with Crippen LogP contribution in [0.25, 0.3) is 109 Å². The standard InChI is InChI=1S/C36H23BrN2.C36H24BrNO.C24H16BrNO.C24H16BrNS/c37-24-17-19-29-30-20-18-26(39(25-10-2-1-3-11-25)35-16-8-9-21-38-35)23-34(30)36(33(29)22-24)31-14-6-4-12-27(31)28-13-5-7-15-32(28)36;37-29-17-19-35-33(23-29)34-24-32(18-20-36(34)39-35)38(30-15-7-13-27(21-30)25-9-3-1-4-10-25)31-16-8-14-28(22-31)26-11-5-2-6-12-26;2*25-17-11-13-23-21(15-17)22-16-20(12-14-24(22)27-23)26(18-7-3-1-4-8-18)19-9-5-2-6-10-19/h1-23H;1-24H;2*1-16H. The topological polar surface area (TPSA) is 52.1 Å². The van der Waals surface area contributed by atoms with Crippen molar-refractivity contribution in [2.24, 2.45) is 0 Å². The lowest BCUT2D eigenvalue weighted by Crippen LogP contribution is -2.26. The average Bonchev–Trinajstić information content (AvgIpc) is 1.50. The summed E-state index contributed by atoms with van der Waals surface area (Å²) in [4.78, 5) is 13.9. The maximum absolute atomic E-state index is 6.17. The lowest BCUT2D eigenvalue weighted by Gasteiger charge is -2.32. The molecule has 0 aliphatic heterocycles. The molecule has 23 aromatic rings. The fourth-order valence-corrected chi connectivity index (χ4v) is 21.4. The van der Waals surface area contributed by atoms with Gasteiger partial charge in [-0.05, 0) is 297 Å². The molecule has 0 bridgehead atoms. The fourth-order valence-electron chi connectivity index (χ4n) is 18.9. The number of halogens is 4. The van der Waals surface area contributed by atoms with E-state index in [1.807, 2.05) is 66.1 Å². The molecule has 630 valence electrons. The van der Waals surface area contributed by atoms with Crippen LogP contribution >= 0.6 is 75.1 Å². The lowest BCUT2D eigenvalue weighted by molar-refractivity contribution is 0.668. The molecule has 0 unspecified atom stereocenters. The molecule has 0 amide bonds. The van der Waals surface area contributed by atoms with Crippen molar-refractivity contribution >= 4 is 207 Å². The molecule has 4 aromatic heterocycles. The third-order valence-corrected chi connectivity index (χ3v) is 27.8. The van der Waals surface area contributed by atoms with Gasteiger partial charge >= 0.3 is 0 Å². The Morgan fingerprint density at radius 1 is 0.205 bits per heavy atom. The molecular weight excluding hydrogens is 1900 g/mol. The van der Waals surface area contributed by atoms with Crippen LogP contribution in [-0.4, -0.2) is 4.98 Å². The Morgan fingerprint density at radius 3 is 0.962 bits per heavy atom. The van der Waals surface area contributed by atoms with E-state index in [4.69, 9.17) is 13.8 Å². The summed E-state index contributed by atoms with van der Waals surface area (Å²) in [6.07, 6.45) is 1.86. The van der Waals surface area contributed by atoms with Gasteiger partial charge in [-0.1, -0.05) is 306 Å². The Kier molecular flexibility index (Phi) is 22.8. The molecule has 25 rings (SSSR count). The maximum Gasteiger partial charge on any atom is 0.137 e. The van der Waals surface area contributed by atoms with Gasteiger partial charge in [0.15, 0.2) is 0 Å². The van der Waals surface area contributed by atoms with Crippen LogP contribution in [0.1, 0.15) is 22.3 Å². The van der Waals surface area contributed by atoms with E-state index in [1.54, 1.807) is 0 Å². The number of anilines is 12. The highest BCUT2D eigenvalue weighted by Gasteiger charge is 2.52. The zero-order valence-electron chi connectivity index (χ0n) is 71.1. The number of furan rings is 2. The molecule has 132 heavy (non-hydrogen) atoms. The first-order valence-electron chi connectivity index (χ1n) is 43.8. The summed E-state index contributed by atoms with van der Waals surface area (Å²) in [5.41, 5.74) is 30.6. The third-order valence-electron chi connectivity index (χ3n) is 24.7. The number of hydrogen-bond donors (Lipinski definition) is 0. The normalized spacial score (nSPS) is 11.8. The summed E-state index contributed by atoms with van der Waals surface area (Å²) in [6.45, 7) is 0. The largest absolute Gasteiger partial charge is 0.456 e. The van der Waals surface area contributed by atoms with Gasteiger partial charge in [0.25, 0.3) is 0 Å². The zero-order chi connectivity index (χ0) is 88.6. The summed E-state index contributed by atoms with van der Waals surface area (Å²) in [6, 6.07) is 167. The molecule has 7 nitrogen and oxygen atoms in total. The second kappa shape index (κ2) is 36.3. The van der Waals surface area contributed by atoms with Crippen LogP contribution in [0.4, 0.5) is 68.4 Å². The molecule has 1 spiro atoms. The Morgan fingerprint density at radius 2 is 0.500 bits per heavy atom. The van der Waals surface area contributed by atoms with Gasteiger partial charge in [0.2, 0.25) is 0 Å². The Balaban J connectivity index is 0.000000104. The summed E-state index contributed by atoms with van der Waals surface area (Å²) in [7, 11) is 0. The molecule has 0 radical (unpaired) electrons. The van der Waals surface area contributed by atoms with Gasteiger partial charge in [0, 0.05) is 128 Å². The minimum Gasteiger partial charge on any atom is -0.456 e. The number of aromatic nitrogens is 1. The van der Waals surface area contributed by atoms with E-state index in [1.165, 1.54) is 92.6 Å². The van der Waals surface area contributed by atoms with Gasteiger partial charge in [-0.15, -0.1) is 11.3 Å². The van der Waals surface area contributed by atoms with Crippen LogP contribution in [-0.2, 0) is 5.41 Å². The number of pyridine rings is 1. The van der Waals surface area contributed by atoms with Gasteiger partial charge in [-0.2, -0.15) is 0 Å². The first-order chi connectivity index (χ1) is 65.1. The van der Waals surface area contributed by atoms with E-state index >= 15 is 0 Å². The highest BCUT2D eigenvalue weighted by molar-refractivity contribution is 9.11. The van der Waals surface area contributed by atoms with Crippen molar-refractivity contribution in [1.82, 2.24) is 4.98 Å². The molecule has 4 heterocycles. The van der Waals surface area contributed by atoms with Gasteiger partial charge in [0.05, 0.1) is 5.41 Å². The minimum absolute atomic E-state index is 0.399. The summed E-state index contributed by atoms with van der Waals surface area (Å²) in [5.74, 6) is 0.892. The molecule has 12 heteroatoms. The lowest BCUT2D eigenvalue weighted by atomic mass is 9.70. The first-order valence-corrected chi connectivity index (χ1v) is 47.7. The molecule has 2 aliphatic rings. The SMILES string of the molecule is Brc1ccc2c(c1)C1(c3ccccc3-c3ccccc31)c1cc(N(c3ccccc3)c3ccccn3)ccc1-2.Brc1ccc2oc3ccc(N(c4cccc(-c5ccccc5)c4)c4cccc(-c5ccccc5)c4)cc3c2c1.Brc1ccc2oc3ccc(N(c4ccccc4)c4ccccc4)cc3c2c1.Brc1ccc2sc3ccc(N(c4ccccc4)c4ccccc4)cc3c2c1. The Bertz CT molecular complexity index is 7720. The number of thiophene rings is 1. The van der Waals surface area contributed by atoms with Gasteiger partial charge < -0.3 is 23.5 Å².